The molecule has 0 unspecified atom stereocenters. The van der Waals surface area contributed by atoms with E-state index in [4.69, 9.17) is 4.74 Å². The van der Waals surface area contributed by atoms with Gasteiger partial charge in [-0.3, -0.25) is 0 Å². The first-order valence-electron chi connectivity index (χ1n) is 13.3. The van der Waals surface area contributed by atoms with Gasteiger partial charge in [0, 0.05) is 0 Å². The molecule has 1 radical (unpaired) electrons. The van der Waals surface area contributed by atoms with Crippen molar-refractivity contribution < 1.29 is 25.2 Å². The van der Waals surface area contributed by atoms with Crippen molar-refractivity contribution in [1.29, 1.82) is 0 Å². The molecule has 0 aromatic heterocycles. The predicted molar refractivity (Wildman–Crippen MR) is 127 cm³/mol. The fourth-order valence-electron chi connectivity index (χ4n) is 4.48. The number of unbranched alkanes of at least 4 members (excludes halogenated alkanes) is 17. The van der Waals surface area contributed by atoms with Crippen LogP contribution in [0.15, 0.2) is 0 Å². The molecular weight excluding hydrogens is 392 g/mol. The van der Waals surface area contributed by atoms with Crippen LogP contribution in [0, 0.1) is 6.10 Å². The van der Waals surface area contributed by atoms with Crippen molar-refractivity contribution in [2.45, 2.75) is 153 Å². The SMILES string of the molecule is CCCCCCCCCCCCCCCCCCCC[C]1O[C@H](CO)[C@@H](O)[C@H](O)[C@H]1O. The second-order valence-corrected chi connectivity index (χ2v) is 9.49. The molecule has 0 saturated carbocycles. The van der Waals surface area contributed by atoms with E-state index < -0.39 is 24.4 Å². The lowest BCUT2D eigenvalue weighted by atomic mass is 9.92. The third kappa shape index (κ3) is 13.2. The zero-order valence-corrected chi connectivity index (χ0v) is 20.1. The molecule has 4 atom stereocenters. The zero-order chi connectivity index (χ0) is 22.7. The molecular formula is C26H51O5. The Balaban J connectivity index is 1.84. The summed E-state index contributed by atoms with van der Waals surface area (Å²) in [5, 5.41) is 38.8. The second kappa shape index (κ2) is 19.3. The van der Waals surface area contributed by atoms with E-state index in [0.29, 0.717) is 12.5 Å². The molecule has 1 aliphatic rings. The molecule has 0 spiro atoms. The van der Waals surface area contributed by atoms with Gasteiger partial charge in [0.2, 0.25) is 0 Å². The van der Waals surface area contributed by atoms with E-state index in [2.05, 4.69) is 6.92 Å². The summed E-state index contributed by atoms with van der Waals surface area (Å²) < 4.78 is 5.47. The highest BCUT2D eigenvalue weighted by atomic mass is 16.5. The van der Waals surface area contributed by atoms with Crippen molar-refractivity contribution in [3.8, 4) is 0 Å². The number of hydrogen-bond donors (Lipinski definition) is 4. The van der Waals surface area contributed by atoms with Crippen LogP contribution in [-0.2, 0) is 4.74 Å². The van der Waals surface area contributed by atoms with E-state index in [1.54, 1.807) is 0 Å². The minimum atomic E-state index is -1.28. The Labute approximate surface area is 191 Å². The average Bonchev–Trinajstić information content (AvgIpc) is 2.78. The third-order valence-corrected chi connectivity index (χ3v) is 6.64. The second-order valence-electron chi connectivity index (χ2n) is 9.49. The molecule has 0 bridgehead atoms. The van der Waals surface area contributed by atoms with Crippen LogP contribution in [-0.4, -0.2) is 51.4 Å². The van der Waals surface area contributed by atoms with Gasteiger partial charge in [-0.2, -0.15) is 0 Å². The highest BCUT2D eigenvalue weighted by Gasteiger charge is 2.43. The first kappa shape index (κ1) is 28.8. The maximum absolute atomic E-state index is 10.0. The van der Waals surface area contributed by atoms with Crippen molar-refractivity contribution in [3.05, 3.63) is 6.10 Å². The number of hydrogen-bond acceptors (Lipinski definition) is 5. The van der Waals surface area contributed by atoms with Crippen LogP contribution in [0.3, 0.4) is 0 Å². The molecule has 1 rings (SSSR count). The molecule has 185 valence electrons. The Morgan fingerprint density at radius 1 is 0.581 bits per heavy atom. The molecule has 5 heteroatoms. The van der Waals surface area contributed by atoms with Crippen LogP contribution in [0.4, 0.5) is 0 Å². The Morgan fingerprint density at radius 3 is 1.35 bits per heavy atom. The van der Waals surface area contributed by atoms with Gasteiger partial charge in [-0.15, -0.1) is 0 Å². The minimum Gasteiger partial charge on any atom is -0.394 e. The summed E-state index contributed by atoms with van der Waals surface area (Å²) >= 11 is 0. The average molecular weight is 444 g/mol. The van der Waals surface area contributed by atoms with Gasteiger partial charge >= 0.3 is 0 Å². The molecule has 4 N–H and O–H groups in total. The van der Waals surface area contributed by atoms with Crippen LogP contribution in [0.1, 0.15) is 129 Å². The molecule has 0 aliphatic carbocycles. The van der Waals surface area contributed by atoms with Gasteiger partial charge in [-0.1, -0.05) is 122 Å². The van der Waals surface area contributed by atoms with Crippen LogP contribution < -0.4 is 0 Å². The Morgan fingerprint density at radius 2 is 0.968 bits per heavy atom. The van der Waals surface area contributed by atoms with Crippen LogP contribution in [0.2, 0.25) is 0 Å². The summed E-state index contributed by atoms with van der Waals surface area (Å²) in [5.74, 6) is 0. The van der Waals surface area contributed by atoms with Crippen molar-refractivity contribution in [2.75, 3.05) is 6.61 Å². The van der Waals surface area contributed by atoms with Gasteiger partial charge in [0.15, 0.2) is 0 Å². The van der Waals surface area contributed by atoms with Crippen molar-refractivity contribution >= 4 is 0 Å². The Bertz CT molecular complexity index is 390. The molecule has 1 saturated heterocycles. The molecule has 5 nitrogen and oxygen atoms in total. The molecule has 31 heavy (non-hydrogen) atoms. The van der Waals surface area contributed by atoms with Crippen LogP contribution >= 0.6 is 0 Å². The fraction of sp³-hybridized carbons (Fsp3) is 0.962. The van der Waals surface area contributed by atoms with Gasteiger partial charge in [0.25, 0.3) is 0 Å². The quantitative estimate of drug-likeness (QED) is 0.189. The monoisotopic (exact) mass is 443 g/mol. The molecule has 0 aromatic carbocycles. The lowest BCUT2D eigenvalue weighted by molar-refractivity contribution is -0.192. The van der Waals surface area contributed by atoms with E-state index in [-0.39, 0.29) is 6.61 Å². The summed E-state index contributed by atoms with van der Waals surface area (Å²) in [7, 11) is 0. The first-order chi connectivity index (χ1) is 15.1. The molecule has 0 aromatic rings. The van der Waals surface area contributed by atoms with E-state index in [1.807, 2.05) is 0 Å². The summed E-state index contributed by atoms with van der Waals surface area (Å²) in [4.78, 5) is 0. The van der Waals surface area contributed by atoms with Crippen LogP contribution in [0.25, 0.3) is 0 Å². The molecule has 0 amide bonds. The topological polar surface area (TPSA) is 90.2 Å². The number of aliphatic hydroxyl groups is 4. The molecule has 1 heterocycles. The first-order valence-corrected chi connectivity index (χ1v) is 13.3. The maximum Gasteiger partial charge on any atom is 0.129 e. The fourth-order valence-corrected chi connectivity index (χ4v) is 4.48. The summed E-state index contributed by atoms with van der Waals surface area (Å²) in [5.41, 5.74) is 0. The van der Waals surface area contributed by atoms with Gasteiger partial charge in [0.1, 0.15) is 30.5 Å². The van der Waals surface area contributed by atoms with Crippen molar-refractivity contribution in [1.82, 2.24) is 0 Å². The number of aliphatic hydroxyl groups excluding tert-OH is 4. The van der Waals surface area contributed by atoms with Gasteiger partial charge in [-0.05, 0) is 6.42 Å². The van der Waals surface area contributed by atoms with Gasteiger partial charge in [0.05, 0.1) is 6.61 Å². The van der Waals surface area contributed by atoms with E-state index in [0.717, 1.165) is 12.8 Å². The lowest BCUT2D eigenvalue weighted by Crippen LogP contribution is -2.55. The molecule has 1 fully saturated rings. The normalized spacial score (nSPS) is 24.7. The predicted octanol–water partition coefficient (Wildman–Crippen LogP) is 5.42. The Kier molecular flexibility index (Phi) is 17.9. The Hall–Kier alpha value is -0.200. The smallest absolute Gasteiger partial charge is 0.129 e. The van der Waals surface area contributed by atoms with E-state index in [1.165, 1.54) is 103 Å². The van der Waals surface area contributed by atoms with Gasteiger partial charge in [-0.25, -0.2) is 0 Å². The zero-order valence-electron chi connectivity index (χ0n) is 20.1. The van der Waals surface area contributed by atoms with Crippen LogP contribution in [0.5, 0.6) is 0 Å². The van der Waals surface area contributed by atoms with Gasteiger partial charge < -0.3 is 25.2 Å². The minimum absolute atomic E-state index is 0.367. The largest absolute Gasteiger partial charge is 0.394 e. The maximum atomic E-state index is 10.0. The number of ether oxygens (including phenoxy) is 1. The number of rotatable bonds is 20. The van der Waals surface area contributed by atoms with Crippen molar-refractivity contribution in [2.24, 2.45) is 0 Å². The van der Waals surface area contributed by atoms with Crippen molar-refractivity contribution in [3.63, 3.8) is 0 Å². The third-order valence-electron chi connectivity index (χ3n) is 6.64. The lowest BCUT2D eigenvalue weighted by Gasteiger charge is -2.39. The molecule has 1 aliphatic heterocycles. The van der Waals surface area contributed by atoms with E-state index in [9.17, 15) is 20.4 Å². The summed E-state index contributed by atoms with van der Waals surface area (Å²) in [6.45, 7) is 1.91. The highest BCUT2D eigenvalue weighted by molar-refractivity contribution is 5.01. The summed E-state index contributed by atoms with van der Waals surface area (Å²) in [6, 6.07) is 0. The highest BCUT2D eigenvalue weighted by Crippen LogP contribution is 2.30. The van der Waals surface area contributed by atoms with E-state index >= 15 is 0 Å². The summed E-state index contributed by atoms with van der Waals surface area (Å²) in [6.07, 6.45) is 20.3. The standard InChI is InChI=1S/C26H51O5/c1-2-3-4-5-6-7-8-9-10-11-12-13-14-15-16-17-18-19-20-22-24(28)26(30)25(29)23(21-27)31-22/h23-30H,2-21H2,1H3/t23-,24+,25-,26-/m1/s1.